The quantitative estimate of drug-likeness (QED) is 0.0287. The normalized spacial score (nSPS) is 28.5. The number of hydrogen-bond donors (Lipinski definition) is 1. The Morgan fingerprint density at radius 1 is 0.467 bits per heavy atom. The molecule has 0 amide bonds. The van der Waals surface area contributed by atoms with Crippen molar-refractivity contribution >= 4 is 62.4 Å². The molecule has 6 fully saturated rings. The van der Waals surface area contributed by atoms with E-state index in [4.69, 9.17) is 77.2 Å². The summed E-state index contributed by atoms with van der Waals surface area (Å²) in [7, 11) is -4.60. The molecule has 0 aliphatic carbocycles. The molecule has 19 nitrogen and oxygen atoms in total. The highest BCUT2D eigenvalue weighted by molar-refractivity contribution is 7.52. The Hall–Kier alpha value is -3.14. The summed E-state index contributed by atoms with van der Waals surface area (Å²) < 4.78 is 121. The Kier molecular flexibility index (Phi) is 42.8. The van der Waals surface area contributed by atoms with Gasteiger partial charge in [0.15, 0.2) is 33.3 Å². The monoisotopic (exact) mass is 1790 g/mol. The second-order valence-corrected chi connectivity index (χ2v) is 61.8. The van der Waals surface area contributed by atoms with E-state index in [1.165, 1.54) is 22.3 Å². The van der Waals surface area contributed by atoms with E-state index in [1.54, 1.807) is 0 Å². The van der Waals surface area contributed by atoms with Crippen LogP contribution in [0, 0.1) is 29.1 Å². The standard InChI is InChI=1S/C50H86O8Si2.C45H78O7Si2.2O2S/c1-34-28-39(25-26-42-35(2)29-38(55-42)24-21-27-53-47(51)48(4,5)6)56-43(36(34)3)32-44-41(30-37-22-19-18-20-23-37)46(52-13)45(57-44)31-40(58-60(16,17)50(10,11)12)33-54-59(14,15)49(7,8)9;1-31-25-36(22-23-39-32(2)26-35(49-39)21-18-24-46)50-40(33(31)3)29-41-38(27-34-19-16-15-17-20-34)43(47-10)42(51-41)28-37(52-54(13,14)45(7,8)9)30-48-53(11,12)44(4,5)6;2*1-3-2/h18-20,22-23,34,38-46H,2-3,21,24-33H2,1,4-17H3;15-17,19-20,31,35-43,46H,2-3,18,21-30H2,1,4-14H3;;/t34-,38+,39+,40+,41+,42?,43?,44+,45-,46-;31-,35+,36+,37+,38+,39?,40?,41+,42-,43-;;/m11../s1. The van der Waals surface area contributed by atoms with Crippen molar-refractivity contribution in [3.05, 3.63) is 120 Å². The zero-order valence-electron chi connectivity index (χ0n) is 79.3. The highest BCUT2D eigenvalue weighted by atomic mass is 32.1. The highest BCUT2D eigenvalue weighted by Gasteiger charge is 2.53. The molecule has 6 heterocycles. The Morgan fingerprint density at radius 2 is 0.800 bits per heavy atom. The molecule has 1 N–H and O–H groups in total. The van der Waals surface area contributed by atoms with Crippen LogP contribution in [0.15, 0.2) is 109 Å². The number of aliphatic hydroxyl groups is 1. The molecule has 6 aliphatic rings. The highest BCUT2D eigenvalue weighted by Crippen LogP contribution is 2.48. The molecule has 0 saturated carbocycles. The average Bonchev–Trinajstić information content (AvgIpc) is 1.67. The summed E-state index contributed by atoms with van der Waals surface area (Å²) in [6, 6.07) is 21.5. The molecular weight excluding hydrogens is 1620 g/mol. The SMILES string of the molecule is C=C1C[C@H](CCCO)OC1CC[C@H]1C[C@@H](C)C(=C)C(C[C@@H]2O[C@H](C[C@@H](CO[Si](C)(C)C(C)(C)C)O[Si](C)(C)C(C)(C)C)[C@H](OC)[C@H]2Cc2ccccc2)O1.C=C1C[C@H](CCCOC(=O)C(C)(C)C)OC1CC[C@H]1C[C@@H](C)C(=C)C(C[C@@H]2O[C@H](C[C@@H](CO[Si](C)(C)C(C)(C)C)O[Si](C)(C)C(C)(C)C)[C@H](OC)[C@H]2Cc2ccccc2)O1.O=S=O.O=S=O. The van der Waals surface area contributed by atoms with Gasteiger partial charge >= 0.3 is 29.1 Å². The molecule has 6 aliphatic heterocycles. The van der Waals surface area contributed by atoms with Gasteiger partial charge in [-0.25, -0.2) is 0 Å². The summed E-state index contributed by atoms with van der Waals surface area (Å²) in [5.41, 5.74) is 6.73. The van der Waals surface area contributed by atoms with Gasteiger partial charge in [0, 0.05) is 58.3 Å². The zero-order valence-corrected chi connectivity index (χ0v) is 85.0. The first-order chi connectivity index (χ1) is 55.7. The first-order valence-electron chi connectivity index (χ1n) is 44.7. The van der Waals surface area contributed by atoms with E-state index in [2.05, 4.69) is 236 Å². The van der Waals surface area contributed by atoms with Gasteiger partial charge in [-0.15, -0.1) is 0 Å². The average molecular weight is 1790 g/mol. The Labute approximate surface area is 738 Å². The molecule has 0 radical (unpaired) electrons. The summed E-state index contributed by atoms with van der Waals surface area (Å²) >= 11 is -1.50. The summed E-state index contributed by atoms with van der Waals surface area (Å²) in [6.45, 7) is 76.1. The van der Waals surface area contributed by atoms with Gasteiger partial charge in [-0.2, -0.15) is 16.8 Å². The zero-order chi connectivity index (χ0) is 90.3. The number of aliphatic hydroxyl groups excluding tert-OH is 1. The third-order valence-electron chi connectivity index (χ3n) is 28.0. The molecule has 0 bridgehead atoms. The van der Waals surface area contributed by atoms with Crippen LogP contribution in [0.4, 0.5) is 0 Å². The first kappa shape index (κ1) is 107. The smallest absolute Gasteiger partial charge is 0.335 e. The van der Waals surface area contributed by atoms with Gasteiger partial charge in [-0.1, -0.05) is 184 Å². The van der Waals surface area contributed by atoms with Crippen molar-refractivity contribution in [3.63, 3.8) is 0 Å². The molecule has 25 heteroatoms. The van der Waals surface area contributed by atoms with Crippen molar-refractivity contribution in [1.29, 1.82) is 0 Å². The van der Waals surface area contributed by atoms with Crippen LogP contribution in [0.3, 0.4) is 0 Å². The summed E-state index contributed by atoms with van der Waals surface area (Å²) in [5.74, 6) is 0.815. The summed E-state index contributed by atoms with van der Waals surface area (Å²) in [4.78, 5) is 12.2. The van der Waals surface area contributed by atoms with Gasteiger partial charge < -0.3 is 65.4 Å². The molecule has 2 aromatic carbocycles. The molecular formula is C95H164O19S2Si4. The van der Waals surface area contributed by atoms with Crippen LogP contribution in [0.25, 0.3) is 0 Å². The fourth-order valence-corrected chi connectivity index (χ4v) is 21.2. The lowest BCUT2D eigenvalue weighted by molar-refractivity contribution is -0.153. The van der Waals surface area contributed by atoms with Crippen LogP contribution in [-0.4, -0.2) is 199 Å². The van der Waals surface area contributed by atoms with Crippen LogP contribution in [0.2, 0.25) is 72.5 Å². The predicted molar refractivity (Wildman–Crippen MR) is 495 cm³/mol. The van der Waals surface area contributed by atoms with Crippen LogP contribution in [0.1, 0.15) is 232 Å². The number of carbonyl (C=O) groups is 1. The van der Waals surface area contributed by atoms with Gasteiger partial charge in [0.25, 0.3) is 0 Å². The number of esters is 1. The van der Waals surface area contributed by atoms with E-state index in [-0.39, 0.29) is 142 Å². The molecule has 0 aromatic heterocycles. The van der Waals surface area contributed by atoms with Crippen LogP contribution in [-0.2, 0) is 101 Å². The number of benzene rings is 2. The van der Waals surface area contributed by atoms with Crippen molar-refractivity contribution in [2.75, 3.05) is 40.6 Å². The third-order valence-corrected chi connectivity index (χ3v) is 46.1. The lowest BCUT2D eigenvalue weighted by Gasteiger charge is -2.42. The van der Waals surface area contributed by atoms with Gasteiger partial charge in [-0.05, 0) is 228 Å². The molecule has 2 aromatic rings. The second kappa shape index (κ2) is 47.8. The van der Waals surface area contributed by atoms with Gasteiger partial charge in [-0.3, -0.25) is 4.79 Å². The summed E-state index contributed by atoms with van der Waals surface area (Å²) in [5, 5.41) is 9.63. The van der Waals surface area contributed by atoms with E-state index in [0.29, 0.717) is 38.1 Å². The van der Waals surface area contributed by atoms with Crippen molar-refractivity contribution in [2.45, 2.75) is 403 Å². The molecule has 20 atom stereocenters. The molecule has 0 spiro atoms. The Morgan fingerprint density at radius 3 is 1.12 bits per heavy atom. The lowest BCUT2D eigenvalue weighted by atomic mass is 9.81. The second-order valence-electron chi connectivity index (χ2n) is 42.4. The minimum atomic E-state index is -2.14. The lowest BCUT2D eigenvalue weighted by Crippen LogP contribution is -2.49. The van der Waals surface area contributed by atoms with E-state index >= 15 is 0 Å². The van der Waals surface area contributed by atoms with E-state index in [0.717, 1.165) is 120 Å². The first-order valence-corrected chi connectivity index (χ1v) is 57.7. The molecule has 6 saturated heterocycles. The maximum Gasteiger partial charge on any atom is 0.335 e. The predicted octanol–water partition coefficient (Wildman–Crippen LogP) is 21.1. The van der Waals surface area contributed by atoms with Crippen molar-refractivity contribution in [2.24, 2.45) is 29.1 Å². The summed E-state index contributed by atoms with van der Waals surface area (Å²) in [6.07, 6.45) is 14.7. The topological polar surface area (TPSA) is 226 Å². The van der Waals surface area contributed by atoms with Crippen LogP contribution in [0.5, 0.6) is 0 Å². The maximum absolute atomic E-state index is 12.2. The van der Waals surface area contributed by atoms with E-state index in [9.17, 15) is 9.90 Å². The molecule has 4 unspecified atom stereocenters. The number of hydrogen-bond acceptors (Lipinski definition) is 19. The Balaban J connectivity index is 0.000000403. The fraction of sp³-hybridized carbons (Fsp3) is 0.779. The van der Waals surface area contributed by atoms with Gasteiger partial charge in [0.05, 0.1) is 123 Å². The number of ether oxygens (including phenoxy) is 9. The van der Waals surface area contributed by atoms with E-state index < -0.39 is 61.8 Å². The fourth-order valence-electron chi connectivity index (χ4n) is 16.4. The number of carbonyl (C=O) groups excluding carboxylic acids is 1. The van der Waals surface area contributed by atoms with Crippen LogP contribution >= 0.6 is 0 Å². The number of methoxy groups -OCH3 is 2. The minimum absolute atomic E-state index is 0.0216. The van der Waals surface area contributed by atoms with Gasteiger partial charge in [0.1, 0.15) is 0 Å². The van der Waals surface area contributed by atoms with E-state index in [1.807, 2.05) is 35.0 Å². The van der Waals surface area contributed by atoms with Crippen molar-refractivity contribution in [3.8, 4) is 0 Å². The minimum Gasteiger partial charge on any atom is -0.465 e. The maximum atomic E-state index is 12.2. The molecule has 120 heavy (non-hydrogen) atoms. The van der Waals surface area contributed by atoms with Crippen molar-refractivity contribution in [1.82, 2.24) is 0 Å². The molecule has 686 valence electrons. The Bertz CT molecular complexity index is 3520. The third kappa shape index (κ3) is 32.6. The van der Waals surface area contributed by atoms with Crippen LogP contribution < -0.4 is 0 Å². The molecule has 8 rings (SSSR count). The largest absolute Gasteiger partial charge is 0.465 e. The van der Waals surface area contributed by atoms with Crippen molar-refractivity contribution < 1.29 is 87.1 Å². The van der Waals surface area contributed by atoms with Gasteiger partial charge in [0.2, 0.25) is 0 Å². The number of rotatable bonds is 37.